The molecule has 0 spiro atoms. The fourth-order valence-electron chi connectivity index (χ4n) is 2.47. The van der Waals surface area contributed by atoms with E-state index in [4.69, 9.17) is 4.52 Å². The Balaban J connectivity index is 1.73. The summed E-state index contributed by atoms with van der Waals surface area (Å²) in [6.07, 6.45) is 4.24. The SMILES string of the molecule is Fc1cccc(C2(c3nc(C4CC4)no3)CC2)c1. The van der Waals surface area contributed by atoms with Crippen molar-refractivity contribution >= 4 is 0 Å². The van der Waals surface area contributed by atoms with Gasteiger partial charge in [-0.2, -0.15) is 4.98 Å². The Labute approximate surface area is 104 Å². The Kier molecular flexibility index (Phi) is 1.93. The van der Waals surface area contributed by atoms with Crippen LogP contribution in [0.3, 0.4) is 0 Å². The topological polar surface area (TPSA) is 38.9 Å². The summed E-state index contributed by atoms with van der Waals surface area (Å²) in [5.74, 6) is 1.77. The Bertz CT molecular complexity index is 599. The molecule has 92 valence electrons. The summed E-state index contributed by atoms with van der Waals surface area (Å²) in [5, 5.41) is 4.05. The number of nitrogens with zero attached hydrogens (tertiary/aromatic N) is 2. The molecule has 0 N–H and O–H groups in total. The lowest BCUT2D eigenvalue weighted by Gasteiger charge is -2.10. The smallest absolute Gasteiger partial charge is 0.237 e. The second-order valence-corrected chi connectivity index (χ2v) is 5.32. The third kappa shape index (κ3) is 1.48. The van der Waals surface area contributed by atoms with Crippen LogP contribution >= 0.6 is 0 Å². The first-order chi connectivity index (χ1) is 8.78. The largest absolute Gasteiger partial charge is 0.338 e. The molecule has 1 aromatic carbocycles. The van der Waals surface area contributed by atoms with Crippen molar-refractivity contribution in [2.75, 3.05) is 0 Å². The van der Waals surface area contributed by atoms with Crippen molar-refractivity contribution in [3.63, 3.8) is 0 Å². The van der Waals surface area contributed by atoms with Crippen LogP contribution in [0.1, 0.15) is 48.9 Å². The van der Waals surface area contributed by atoms with Crippen LogP contribution in [0.25, 0.3) is 0 Å². The molecule has 0 aliphatic heterocycles. The summed E-state index contributed by atoms with van der Waals surface area (Å²) in [4.78, 5) is 4.51. The van der Waals surface area contributed by atoms with Crippen LogP contribution in [0.4, 0.5) is 4.39 Å². The second-order valence-electron chi connectivity index (χ2n) is 5.32. The Morgan fingerprint density at radius 1 is 1.28 bits per heavy atom. The molecular formula is C14H13FN2O. The molecule has 0 atom stereocenters. The number of halogens is 1. The fraction of sp³-hybridized carbons (Fsp3) is 0.429. The van der Waals surface area contributed by atoms with Crippen molar-refractivity contribution in [1.82, 2.24) is 10.1 Å². The molecule has 1 aromatic heterocycles. The summed E-state index contributed by atoms with van der Waals surface area (Å²) in [6.45, 7) is 0. The molecule has 0 bridgehead atoms. The zero-order chi connectivity index (χ0) is 12.2. The van der Waals surface area contributed by atoms with Gasteiger partial charge >= 0.3 is 0 Å². The van der Waals surface area contributed by atoms with Crippen molar-refractivity contribution in [3.8, 4) is 0 Å². The fourth-order valence-corrected chi connectivity index (χ4v) is 2.47. The lowest BCUT2D eigenvalue weighted by molar-refractivity contribution is 0.355. The summed E-state index contributed by atoms with van der Waals surface area (Å²) in [5.41, 5.74) is 0.732. The van der Waals surface area contributed by atoms with Crippen molar-refractivity contribution in [1.29, 1.82) is 0 Å². The van der Waals surface area contributed by atoms with Gasteiger partial charge in [0.1, 0.15) is 5.82 Å². The van der Waals surface area contributed by atoms with E-state index in [9.17, 15) is 4.39 Å². The summed E-state index contributed by atoms with van der Waals surface area (Å²) < 4.78 is 18.7. The first kappa shape index (κ1) is 10.2. The van der Waals surface area contributed by atoms with E-state index in [1.54, 1.807) is 12.1 Å². The van der Waals surface area contributed by atoms with Gasteiger partial charge in [0, 0.05) is 5.92 Å². The predicted molar refractivity (Wildman–Crippen MR) is 62.7 cm³/mol. The molecular weight excluding hydrogens is 231 g/mol. The molecule has 3 nitrogen and oxygen atoms in total. The maximum atomic E-state index is 13.3. The monoisotopic (exact) mass is 244 g/mol. The van der Waals surface area contributed by atoms with Crippen LogP contribution in [0.5, 0.6) is 0 Å². The van der Waals surface area contributed by atoms with Gasteiger partial charge in [0.05, 0.1) is 5.41 Å². The summed E-state index contributed by atoms with van der Waals surface area (Å²) in [7, 11) is 0. The van der Waals surface area contributed by atoms with Crippen LogP contribution in [0.2, 0.25) is 0 Å². The molecule has 0 amide bonds. The van der Waals surface area contributed by atoms with E-state index in [1.165, 1.54) is 6.07 Å². The van der Waals surface area contributed by atoms with Gasteiger partial charge in [-0.05, 0) is 43.4 Å². The Hall–Kier alpha value is -1.71. The van der Waals surface area contributed by atoms with Gasteiger partial charge in [0.25, 0.3) is 0 Å². The number of hydrogen-bond acceptors (Lipinski definition) is 3. The molecule has 2 aliphatic rings. The van der Waals surface area contributed by atoms with Crippen LogP contribution in [-0.4, -0.2) is 10.1 Å². The molecule has 2 fully saturated rings. The molecule has 0 saturated heterocycles. The van der Waals surface area contributed by atoms with E-state index < -0.39 is 0 Å². The maximum Gasteiger partial charge on any atom is 0.237 e. The van der Waals surface area contributed by atoms with Gasteiger partial charge in [-0.15, -0.1) is 0 Å². The van der Waals surface area contributed by atoms with E-state index in [1.807, 2.05) is 6.07 Å². The highest BCUT2D eigenvalue weighted by Crippen LogP contribution is 2.53. The first-order valence-electron chi connectivity index (χ1n) is 6.38. The number of hydrogen-bond donors (Lipinski definition) is 0. The minimum atomic E-state index is -0.220. The molecule has 18 heavy (non-hydrogen) atoms. The van der Waals surface area contributed by atoms with Crippen LogP contribution < -0.4 is 0 Å². The van der Waals surface area contributed by atoms with E-state index in [2.05, 4.69) is 10.1 Å². The average Bonchev–Trinajstić information content (AvgIpc) is 3.30. The van der Waals surface area contributed by atoms with Crippen molar-refractivity contribution in [3.05, 3.63) is 47.4 Å². The van der Waals surface area contributed by atoms with Gasteiger partial charge in [-0.1, -0.05) is 17.3 Å². The van der Waals surface area contributed by atoms with Crippen LogP contribution in [0, 0.1) is 5.82 Å². The molecule has 4 rings (SSSR count). The number of benzene rings is 1. The molecule has 0 unspecified atom stereocenters. The van der Waals surface area contributed by atoms with Crippen molar-refractivity contribution in [2.45, 2.75) is 37.0 Å². The Morgan fingerprint density at radius 2 is 2.11 bits per heavy atom. The second kappa shape index (κ2) is 3.40. The minimum Gasteiger partial charge on any atom is -0.338 e. The van der Waals surface area contributed by atoms with Gasteiger partial charge in [0.2, 0.25) is 5.89 Å². The zero-order valence-corrected chi connectivity index (χ0v) is 9.90. The van der Waals surface area contributed by atoms with Crippen molar-refractivity contribution in [2.24, 2.45) is 0 Å². The third-order valence-electron chi connectivity index (χ3n) is 3.92. The molecule has 2 aromatic rings. The highest BCUT2D eigenvalue weighted by Gasteiger charge is 2.51. The minimum absolute atomic E-state index is 0.208. The van der Waals surface area contributed by atoms with E-state index in [0.29, 0.717) is 11.8 Å². The first-order valence-corrected chi connectivity index (χ1v) is 6.38. The Morgan fingerprint density at radius 3 is 2.78 bits per heavy atom. The van der Waals surface area contributed by atoms with Crippen LogP contribution in [-0.2, 0) is 5.41 Å². The van der Waals surface area contributed by atoms with Crippen molar-refractivity contribution < 1.29 is 8.91 Å². The highest BCUT2D eigenvalue weighted by atomic mass is 19.1. The van der Waals surface area contributed by atoms with Gasteiger partial charge < -0.3 is 4.52 Å². The quantitative estimate of drug-likeness (QED) is 0.832. The molecule has 2 aliphatic carbocycles. The van der Waals surface area contributed by atoms with Gasteiger partial charge in [-0.3, -0.25) is 0 Å². The van der Waals surface area contributed by atoms with Crippen LogP contribution in [0.15, 0.2) is 28.8 Å². The third-order valence-corrected chi connectivity index (χ3v) is 3.92. The predicted octanol–water partition coefficient (Wildman–Crippen LogP) is 3.17. The molecule has 0 radical (unpaired) electrons. The number of aromatic nitrogens is 2. The average molecular weight is 244 g/mol. The van der Waals surface area contributed by atoms with Gasteiger partial charge in [-0.25, -0.2) is 4.39 Å². The van der Waals surface area contributed by atoms with Gasteiger partial charge in [0.15, 0.2) is 5.82 Å². The highest BCUT2D eigenvalue weighted by molar-refractivity contribution is 5.38. The number of rotatable bonds is 3. The van der Waals surface area contributed by atoms with E-state index >= 15 is 0 Å². The normalized spacial score (nSPS) is 20.9. The zero-order valence-electron chi connectivity index (χ0n) is 9.90. The molecule has 1 heterocycles. The van der Waals surface area contributed by atoms with E-state index in [0.717, 1.165) is 37.1 Å². The molecule has 4 heteroatoms. The maximum absolute atomic E-state index is 13.3. The molecule has 2 saturated carbocycles. The lowest BCUT2D eigenvalue weighted by Crippen LogP contribution is -2.09. The summed E-state index contributed by atoms with van der Waals surface area (Å²) in [6, 6.07) is 6.72. The summed E-state index contributed by atoms with van der Waals surface area (Å²) >= 11 is 0. The van der Waals surface area contributed by atoms with E-state index in [-0.39, 0.29) is 11.2 Å². The standard InChI is InChI=1S/C14H13FN2O/c15-11-3-1-2-10(8-11)14(6-7-14)13-16-12(17-18-13)9-4-5-9/h1-3,8-9H,4-7H2. The lowest BCUT2D eigenvalue weighted by atomic mass is 9.96.